The molecule has 4 heteroatoms. The van der Waals surface area contributed by atoms with E-state index in [0.717, 1.165) is 38.8 Å². The van der Waals surface area contributed by atoms with Crippen LogP contribution in [0.15, 0.2) is 0 Å². The molecule has 3 nitrogen and oxygen atoms in total. The van der Waals surface area contributed by atoms with Gasteiger partial charge in [-0.05, 0) is 25.7 Å². The summed E-state index contributed by atoms with van der Waals surface area (Å²) in [5, 5.41) is 0.204. The Bertz CT molecular complexity index is 250. The molecule has 1 atom stereocenters. The van der Waals surface area contributed by atoms with Gasteiger partial charge >= 0.3 is 0 Å². The van der Waals surface area contributed by atoms with E-state index in [-0.39, 0.29) is 5.25 Å². The normalized spacial score (nSPS) is 31.3. The van der Waals surface area contributed by atoms with Gasteiger partial charge in [0.2, 0.25) is 0 Å². The number of hydrogen-bond acceptors (Lipinski definition) is 2. The molecule has 1 unspecified atom stereocenters. The van der Waals surface area contributed by atoms with Gasteiger partial charge in [-0.3, -0.25) is 0 Å². The number of nitrogens with one attached hydrogen (secondary N) is 1. The smallest absolute Gasteiger partial charge is 0.110 e. The van der Waals surface area contributed by atoms with Crippen LogP contribution in [0.2, 0.25) is 0 Å². The van der Waals surface area contributed by atoms with Crippen LogP contribution in [0.5, 0.6) is 0 Å². The average molecular weight is 188 g/mol. The summed E-state index contributed by atoms with van der Waals surface area (Å²) < 4.78 is 21.6. The molecule has 0 spiro atoms. The Kier molecular flexibility index (Phi) is 2.12. The van der Waals surface area contributed by atoms with Crippen LogP contribution >= 0.6 is 0 Å². The molecule has 0 aromatic carbocycles. The highest BCUT2D eigenvalue weighted by atomic mass is 32.2. The first kappa shape index (κ1) is 8.51. The molecule has 2 aliphatic rings. The van der Waals surface area contributed by atoms with Crippen molar-refractivity contribution in [2.75, 3.05) is 13.1 Å². The second-order valence-electron chi connectivity index (χ2n) is 3.76. The summed E-state index contributed by atoms with van der Waals surface area (Å²) >= 11 is 0. The van der Waals surface area contributed by atoms with Crippen LogP contribution in [0.4, 0.5) is 0 Å². The number of piperidine rings is 1. The topological polar surface area (TPSA) is 44.2 Å². The molecular weight excluding hydrogens is 172 g/mol. The Labute approximate surface area is 74.2 Å². The summed E-state index contributed by atoms with van der Waals surface area (Å²) in [7, 11) is -2.36. The van der Waals surface area contributed by atoms with Crippen molar-refractivity contribution in [2.45, 2.75) is 37.4 Å². The molecule has 0 radical (unpaired) electrons. The van der Waals surface area contributed by atoms with Crippen molar-refractivity contribution in [1.82, 2.24) is 4.31 Å². The Balaban J connectivity index is 2.05. The predicted octanol–water partition coefficient (Wildman–Crippen LogP) is 1.60. The Morgan fingerprint density at radius 1 is 1.17 bits per heavy atom. The zero-order chi connectivity index (χ0) is 8.60. The highest BCUT2D eigenvalue weighted by Crippen LogP contribution is 2.32. The van der Waals surface area contributed by atoms with E-state index in [0.29, 0.717) is 0 Å². The first-order chi connectivity index (χ1) is 5.71. The highest BCUT2D eigenvalue weighted by molar-refractivity contribution is 7.91. The maximum atomic E-state index is 11.9. The minimum atomic E-state index is -2.36. The molecule has 0 aromatic rings. The molecule has 0 bridgehead atoms. The van der Waals surface area contributed by atoms with Gasteiger partial charge in [-0.25, -0.2) is 13.3 Å². The van der Waals surface area contributed by atoms with Gasteiger partial charge in [0, 0.05) is 13.1 Å². The van der Waals surface area contributed by atoms with E-state index in [9.17, 15) is 4.21 Å². The number of hydrogen-bond donors (Lipinski definition) is 1. The van der Waals surface area contributed by atoms with Gasteiger partial charge in [-0.1, -0.05) is 6.42 Å². The number of rotatable bonds is 2. The maximum absolute atomic E-state index is 11.9. The Hall–Kier alpha value is -0.0900. The molecule has 70 valence electrons. The van der Waals surface area contributed by atoms with Gasteiger partial charge in [-0.15, -0.1) is 0 Å². The van der Waals surface area contributed by atoms with Crippen molar-refractivity contribution in [3.8, 4) is 0 Å². The third-order valence-corrected chi connectivity index (χ3v) is 5.18. The maximum Gasteiger partial charge on any atom is 0.110 e. The molecule has 2 fully saturated rings. The molecule has 1 aliphatic carbocycles. The lowest BCUT2D eigenvalue weighted by Gasteiger charge is -2.28. The standard InChI is InChI=1S/C8H16N2OS/c9-12(11,8-4-5-8)10-6-2-1-3-7-10/h8-9H,1-7H2. The van der Waals surface area contributed by atoms with Gasteiger partial charge in [0.25, 0.3) is 0 Å². The summed E-state index contributed by atoms with van der Waals surface area (Å²) in [6, 6.07) is 0. The predicted molar refractivity (Wildman–Crippen MR) is 49.3 cm³/mol. The molecule has 1 saturated heterocycles. The van der Waals surface area contributed by atoms with Crippen molar-refractivity contribution >= 4 is 9.92 Å². The minimum absolute atomic E-state index is 0.204. The van der Waals surface area contributed by atoms with E-state index >= 15 is 0 Å². The lowest BCUT2D eigenvalue weighted by atomic mass is 10.2. The second-order valence-corrected chi connectivity index (χ2v) is 6.08. The first-order valence-corrected chi connectivity index (χ1v) is 6.32. The molecule has 2 rings (SSSR count). The van der Waals surface area contributed by atoms with Crippen LogP contribution in [0.25, 0.3) is 0 Å². The van der Waals surface area contributed by atoms with Gasteiger partial charge in [-0.2, -0.15) is 0 Å². The van der Waals surface area contributed by atoms with Crippen LogP contribution in [0.3, 0.4) is 0 Å². The Morgan fingerprint density at radius 3 is 2.25 bits per heavy atom. The molecule has 12 heavy (non-hydrogen) atoms. The van der Waals surface area contributed by atoms with E-state index in [1.165, 1.54) is 6.42 Å². The third-order valence-electron chi connectivity index (χ3n) is 2.67. The van der Waals surface area contributed by atoms with E-state index < -0.39 is 9.92 Å². The summed E-state index contributed by atoms with van der Waals surface area (Å²) in [6.07, 6.45) is 5.53. The summed E-state index contributed by atoms with van der Waals surface area (Å²) in [5.41, 5.74) is 0. The van der Waals surface area contributed by atoms with E-state index in [2.05, 4.69) is 0 Å². The molecule has 1 N–H and O–H groups in total. The van der Waals surface area contributed by atoms with Crippen LogP contribution < -0.4 is 0 Å². The van der Waals surface area contributed by atoms with Gasteiger partial charge < -0.3 is 0 Å². The fourth-order valence-corrected chi connectivity index (χ4v) is 3.73. The van der Waals surface area contributed by atoms with Gasteiger partial charge in [0.05, 0.1) is 5.25 Å². The largest absolute Gasteiger partial charge is 0.240 e. The monoisotopic (exact) mass is 188 g/mol. The summed E-state index contributed by atoms with van der Waals surface area (Å²) in [5.74, 6) is 0. The molecule has 1 aliphatic heterocycles. The molecule has 0 amide bonds. The van der Waals surface area contributed by atoms with E-state index in [1.807, 2.05) is 4.31 Å². The van der Waals surface area contributed by atoms with Gasteiger partial charge in [0.1, 0.15) is 9.92 Å². The van der Waals surface area contributed by atoms with Crippen LogP contribution in [-0.4, -0.2) is 26.9 Å². The van der Waals surface area contributed by atoms with E-state index in [1.54, 1.807) is 0 Å². The van der Waals surface area contributed by atoms with Crippen LogP contribution in [0, 0.1) is 4.78 Å². The van der Waals surface area contributed by atoms with Gasteiger partial charge in [0.15, 0.2) is 0 Å². The SMILES string of the molecule is N=S(=O)(C1CC1)N1CCCCC1. The van der Waals surface area contributed by atoms with E-state index in [4.69, 9.17) is 4.78 Å². The van der Waals surface area contributed by atoms with Crippen molar-refractivity contribution in [2.24, 2.45) is 0 Å². The lowest BCUT2D eigenvalue weighted by molar-refractivity contribution is 0.360. The quantitative estimate of drug-likeness (QED) is 0.702. The fraction of sp³-hybridized carbons (Fsp3) is 1.00. The molecular formula is C8H16N2OS. The first-order valence-electron chi connectivity index (χ1n) is 4.74. The number of nitrogens with zero attached hydrogens (tertiary/aromatic N) is 1. The molecule has 1 saturated carbocycles. The highest BCUT2D eigenvalue weighted by Gasteiger charge is 2.36. The minimum Gasteiger partial charge on any atom is -0.240 e. The summed E-state index contributed by atoms with van der Waals surface area (Å²) in [4.78, 5) is 0. The Morgan fingerprint density at radius 2 is 1.75 bits per heavy atom. The third kappa shape index (κ3) is 1.50. The van der Waals surface area contributed by atoms with Crippen LogP contribution in [-0.2, 0) is 9.92 Å². The average Bonchev–Trinajstić information content (AvgIpc) is 2.88. The van der Waals surface area contributed by atoms with Crippen molar-refractivity contribution < 1.29 is 4.21 Å². The zero-order valence-corrected chi connectivity index (χ0v) is 8.11. The second kappa shape index (κ2) is 3.00. The van der Waals surface area contributed by atoms with Crippen LogP contribution in [0.1, 0.15) is 32.1 Å². The zero-order valence-electron chi connectivity index (χ0n) is 7.29. The van der Waals surface area contributed by atoms with Crippen molar-refractivity contribution in [3.05, 3.63) is 0 Å². The fourth-order valence-electron chi connectivity index (χ4n) is 1.73. The van der Waals surface area contributed by atoms with Crippen molar-refractivity contribution in [3.63, 3.8) is 0 Å². The molecule has 1 heterocycles. The lowest BCUT2D eigenvalue weighted by Crippen LogP contribution is -2.36. The van der Waals surface area contributed by atoms with Crippen molar-refractivity contribution in [1.29, 1.82) is 4.78 Å². The molecule has 0 aromatic heterocycles. The summed E-state index contributed by atoms with van der Waals surface area (Å²) in [6.45, 7) is 1.78.